The van der Waals surface area contributed by atoms with Crippen molar-refractivity contribution in [2.75, 3.05) is 5.75 Å². The molecule has 1 aromatic rings. The van der Waals surface area contributed by atoms with E-state index in [1.54, 1.807) is 11.8 Å². The lowest BCUT2D eigenvalue weighted by atomic mass is 10.1. The van der Waals surface area contributed by atoms with Crippen LogP contribution in [-0.4, -0.2) is 22.9 Å². The van der Waals surface area contributed by atoms with Gasteiger partial charge in [-0.3, -0.25) is 4.79 Å². The van der Waals surface area contributed by atoms with E-state index in [4.69, 9.17) is 4.74 Å². The topological polar surface area (TPSA) is 26.3 Å². The van der Waals surface area contributed by atoms with Gasteiger partial charge in [0.05, 0.1) is 11.9 Å². The summed E-state index contributed by atoms with van der Waals surface area (Å²) in [6.07, 6.45) is 1.22. The summed E-state index contributed by atoms with van der Waals surface area (Å²) in [5.74, 6) is 1.49. The molecule has 18 heavy (non-hydrogen) atoms. The first-order valence-electron chi connectivity index (χ1n) is 6.44. The highest BCUT2D eigenvalue weighted by Crippen LogP contribution is 2.19. The summed E-state index contributed by atoms with van der Waals surface area (Å²) < 4.78 is 5.59. The van der Waals surface area contributed by atoms with Crippen LogP contribution in [0.25, 0.3) is 0 Å². The van der Waals surface area contributed by atoms with Crippen LogP contribution < -0.4 is 4.74 Å². The first kappa shape index (κ1) is 15.1. The number of carbonyl (C=O) groups excluding carboxylic acids is 1. The third kappa shape index (κ3) is 5.13. The predicted molar refractivity (Wildman–Crippen MR) is 78.7 cm³/mol. The Morgan fingerprint density at radius 3 is 2.67 bits per heavy atom. The standard InChI is InChI=1S/C15H22O2S/c1-5-12(4)18-10-15(16)13-7-6-8-14(9-13)17-11(2)3/h6-9,11-12H,5,10H2,1-4H3. The van der Waals surface area contributed by atoms with E-state index in [9.17, 15) is 4.79 Å². The van der Waals surface area contributed by atoms with Crippen molar-refractivity contribution >= 4 is 17.5 Å². The average molecular weight is 266 g/mol. The molecule has 0 aliphatic carbocycles. The van der Waals surface area contributed by atoms with Crippen LogP contribution in [0.4, 0.5) is 0 Å². The van der Waals surface area contributed by atoms with Crippen molar-refractivity contribution in [2.45, 2.75) is 45.5 Å². The molecular weight excluding hydrogens is 244 g/mol. The number of Topliss-reactive ketones (excluding diaryl/α,β-unsaturated/α-hetero) is 1. The van der Waals surface area contributed by atoms with E-state index in [-0.39, 0.29) is 11.9 Å². The molecule has 2 nitrogen and oxygen atoms in total. The van der Waals surface area contributed by atoms with Gasteiger partial charge >= 0.3 is 0 Å². The van der Waals surface area contributed by atoms with Gasteiger partial charge in [0, 0.05) is 10.8 Å². The van der Waals surface area contributed by atoms with E-state index in [2.05, 4.69) is 13.8 Å². The number of ketones is 1. The van der Waals surface area contributed by atoms with Gasteiger partial charge in [-0.2, -0.15) is 11.8 Å². The van der Waals surface area contributed by atoms with Crippen molar-refractivity contribution in [1.82, 2.24) is 0 Å². The fourth-order valence-corrected chi connectivity index (χ4v) is 2.27. The van der Waals surface area contributed by atoms with Gasteiger partial charge in [0.25, 0.3) is 0 Å². The maximum absolute atomic E-state index is 12.0. The lowest BCUT2D eigenvalue weighted by molar-refractivity contribution is 0.102. The molecule has 0 spiro atoms. The van der Waals surface area contributed by atoms with Crippen LogP contribution in [0.3, 0.4) is 0 Å². The predicted octanol–water partition coefficient (Wildman–Crippen LogP) is 4.19. The van der Waals surface area contributed by atoms with E-state index >= 15 is 0 Å². The average Bonchev–Trinajstić information content (AvgIpc) is 2.35. The number of carbonyl (C=O) groups is 1. The molecule has 0 fully saturated rings. The molecule has 0 bridgehead atoms. The normalized spacial score (nSPS) is 12.5. The summed E-state index contributed by atoms with van der Waals surface area (Å²) in [5, 5.41) is 0.532. The third-order valence-corrected chi connectivity index (χ3v) is 3.93. The lowest BCUT2D eigenvalue weighted by Crippen LogP contribution is -2.08. The second kappa shape index (κ2) is 7.47. The van der Waals surface area contributed by atoms with Crippen molar-refractivity contribution in [1.29, 1.82) is 0 Å². The molecule has 0 N–H and O–H groups in total. The Morgan fingerprint density at radius 1 is 1.33 bits per heavy atom. The van der Waals surface area contributed by atoms with Crippen molar-refractivity contribution in [3.63, 3.8) is 0 Å². The molecule has 1 aromatic carbocycles. The Balaban J connectivity index is 2.62. The summed E-state index contributed by atoms with van der Waals surface area (Å²) in [5.41, 5.74) is 0.740. The highest BCUT2D eigenvalue weighted by molar-refractivity contribution is 8.00. The molecule has 0 heterocycles. The summed E-state index contributed by atoms with van der Waals surface area (Å²) in [6.45, 7) is 8.25. The maximum Gasteiger partial charge on any atom is 0.172 e. The SMILES string of the molecule is CCC(C)SCC(=O)c1cccc(OC(C)C)c1. The molecule has 3 heteroatoms. The van der Waals surface area contributed by atoms with E-state index in [0.717, 1.165) is 17.7 Å². The third-order valence-electron chi connectivity index (χ3n) is 2.60. The van der Waals surface area contributed by atoms with Gasteiger partial charge in [-0.05, 0) is 32.4 Å². The number of rotatable bonds is 7. The molecule has 1 atom stereocenters. The van der Waals surface area contributed by atoms with Crippen molar-refractivity contribution in [3.8, 4) is 5.75 Å². The Labute approximate surface area is 114 Å². The highest BCUT2D eigenvalue weighted by Gasteiger charge is 2.09. The Kier molecular flexibility index (Phi) is 6.27. The molecule has 0 saturated heterocycles. The summed E-state index contributed by atoms with van der Waals surface area (Å²) in [6, 6.07) is 7.45. The fraction of sp³-hybridized carbons (Fsp3) is 0.533. The summed E-state index contributed by atoms with van der Waals surface area (Å²) in [7, 11) is 0. The van der Waals surface area contributed by atoms with Gasteiger partial charge in [0.2, 0.25) is 0 Å². The second-order valence-corrected chi connectivity index (χ2v) is 6.07. The Bertz CT molecular complexity index is 388. The minimum absolute atomic E-state index is 0.129. The summed E-state index contributed by atoms with van der Waals surface area (Å²) >= 11 is 1.71. The molecular formula is C15H22O2S. The van der Waals surface area contributed by atoms with E-state index in [1.807, 2.05) is 38.1 Å². The zero-order chi connectivity index (χ0) is 13.5. The minimum Gasteiger partial charge on any atom is -0.491 e. The lowest BCUT2D eigenvalue weighted by Gasteiger charge is -2.11. The van der Waals surface area contributed by atoms with Crippen LogP contribution in [0.15, 0.2) is 24.3 Å². The number of benzene rings is 1. The van der Waals surface area contributed by atoms with Gasteiger partial charge < -0.3 is 4.74 Å². The highest BCUT2D eigenvalue weighted by atomic mass is 32.2. The van der Waals surface area contributed by atoms with Crippen LogP contribution in [0.2, 0.25) is 0 Å². The van der Waals surface area contributed by atoms with E-state index < -0.39 is 0 Å². The number of hydrogen-bond acceptors (Lipinski definition) is 3. The molecule has 100 valence electrons. The summed E-state index contributed by atoms with van der Waals surface area (Å²) in [4.78, 5) is 12.0. The molecule has 0 radical (unpaired) electrons. The van der Waals surface area contributed by atoms with Gasteiger partial charge in [-0.1, -0.05) is 26.0 Å². The molecule has 0 amide bonds. The Hall–Kier alpha value is -0.960. The van der Waals surface area contributed by atoms with Crippen molar-refractivity contribution < 1.29 is 9.53 Å². The zero-order valence-electron chi connectivity index (χ0n) is 11.6. The van der Waals surface area contributed by atoms with Crippen LogP contribution in [-0.2, 0) is 0 Å². The number of thioether (sulfide) groups is 1. The van der Waals surface area contributed by atoms with Crippen LogP contribution >= 0.6 is 11.8 Å². The first-order chi connectivity index (χ1) is 8.52. The molecule has 0 saturated carbocycles. The molecule has 0 aliphatic rings. The van der Waals surface area contributed by atoms with Crippen LogP contribution in [0.1, 0.15) is 44.5 Å². The largest absolute Gasteiger partial charge is 0.491 e. The van der Waals surface area contributed by atoms with Gasteiger partial charge in [-0.15, -0.1) is 0 Å². The minimum atomic E-state index is 0.129. The van der Waals surface area contributed by atoms with Crippen LogP contribution in [0.5, 0.6) is 5.75 Å². The Morgan fingerprint density at radius 2 is 2.06 bits per heavy atom. The van der Waals surface area contributed by atoms with E-state index in [1.165, 1.54) is 0 Å². The zero-order valence-corrected chi connectivity index (χ0v) is 12.4. The van der Waals surface area contributed by atoms with Gasteiger partial charge in [0.1, 0.15) is 5.75 Å². The van der Waals surface area contributed by atoms with E-state index in [0.29, 0.717) is 11.0 Å². The monoisotopic (exact) mass is 266 g/mol. The molecule has 1 rings (SSSR count). The molecule has 0 aromatic heterocycles. The smallest absolute Gasteiger partial charge is 0.172 e. The fourth-order valence-electron chi connectivity index (χ4n) is 1.43. The molecule has 0 aliphatic heterocycles. The number of ether oxygens (including phenoxy) is 1. The first-order valence-corrected chi connectivity index (χ1v) is 7.49. The van der Waals surface area contributed by atoms with Crippen molar-refractivity contribution in [3.05, 3.63) is 29.8 Å². The maximum atomic E-state index is 12.0. The van der Waals surface area contributed by atoms with Crippen molar-refractivity contribution in [2.24, 2.45) is 0 Å². The van der Waals surface area contributed by atoms with Gasteiger partial charge in [0.15, 0.2) is 5.78 Å². The van der Waals surface area contributed by atoms with Gasteiger partial charge in [-0.25, -0.2) is 0 Å². The number of hydrogen-bond donors (Lipinski definition) is 0. The molecule has 1 unspecified atom stereocenters. The second-order valence-electron chi connectivity index (χ2n) is 4.65. The quantitative estimate of drug-likeness (QED) is 0.692. The van der Waals surface area contributed by atoms with Crippen LogP contribution in [0, 0.1) is 0 Å².